The van der Waals surface area contributed by atoms with Crippen LogP contribution in [0, 0.1) is 11.3 Å². The zero-order chi connectivity index (χ0) is 11.0. The fourth-order valence-corrected chi connectivity index (χ4v) is 1.20. The van der Waals surface area contributed by atoms with Crippen LogP contribution < -0.4 is 0 Å². The molecule has 0 aromatic rings. The minimum Gasteiger partial charge on any atom is -0.400 e. The van der Waals surface area contributed by atoms with Crippen molar-refractivity contribution in [3.05, 3.63) is 11.5 Å². The Bertz CT molecular complexity index is 286. The number of hydrogen-bond donors (Lipinski definition) is 0. The minimum atomic E-state index is -0.403. The molecule has 0 saturated carbocycles. The maximum absolute atomic E-state index is 8.63. The third-order valence-corrected chi connectivity index (χ3v) is 2.83. The summed E-state index contributed by atoms with van der Waals surface area (Å²) in [5.74, 6) is 1.70. The molecule has 1 aliphatic heterocycles. The van der Waals surface area contributed by atoms with Crippen LogP contribution in [-0.2, 0) is 9.31 Å². The third kappa shape index (κ3) is 2.00. The van der Waals surface area contributed by atoms with Crippen molar-refractivity contribution in [1.29, 1.82) is 5.26 Å². The van der Waals surface area contributed by atoms with Crippen molar-refractivity contribution in [2.45, 2.75) is 45.8 Å². The maximum atomic E-state index is 8.63. The number of rotatable bonds is 1. The number of nitriles is 1. The molecule has 0 amide bonds. The average Bonchev–Trinajstić information content (AvgIpc) is 2.20. The molecular formula is C10H16BNO2. The van der Waals surface area contributed by atoms with Gasteiger partial charge in [0.15, 0.2) is 0 Å². The highest BCUT2D eigenvalue weighted by Crippen LogP contribution is 2.37. The molecule has 0 unspecified atom stereocenters. The van der Waals surface area contributed by atoms with Crippen molar-refractivity contribution < 1.29 is 9.31 Å². The molecule has 4 heteroatoms. The van der Waals surface area contributed by atoms with Gasteiger partial charge in [0.2, 0.25) is 0 Å². The molecule has 1 saturated heterocycles. The lowest BCUT2D eigenvalue weighted by Gasteiger charge is -2.32. The van der Waals surface area contributed by atoms with Crippen LogP contribution >= 0.6 is 0 Å². The van der Waals surface area contributed by atoms with Crippen LogP contribution in [0.5, 0.6) is 0 Å². The molecule has 0 aromatic carbocycles. The molecular weight excluding hydrogens is 177 g/mol. The Labute approximate surface area is 85.8 Å². The topological polar surface area (TPSA) is 42.2 Å². The van der Waals surface area contributed by atoms with Gasteiger partial charge in [0.25, 0.3) is 0 Å². The van der Waals surface area contributed by atoms with Gasteiger partial charge in [0.1, 0.15) is 0 Å². The zero-order valence-electron chi connectivity index (χ0n) is 9.42. The monoisotopic (exact) mass is 193 g/mol. The van der Waals surface area contributed by atoms with Crippen LogP contribution in [0.2, 0.25) is 0 Å². The molecule has 0 spiro atoms. The molecule has 1 heterocycles. The Morgan fingerprint density at radius 1 is 1.21 bits per heavy atom. The van der Waals surface area contributed by atoms with Crippen molar-refractivity contribution >= 4 is 7.12 Å². The van der Waals surface area contributed by atoms with Crippen LogP contribution in [0.25, 0.3) is 0 Å². The van der Waals surface area contributed by atoms with Crippen molar-refractivity contribution in [2.24, 2.45) is 0 Å². The first-order valence-electron chi connectivity index (χ1n) is 4.73. The second-order valence-corrected chi connectivity index (χ2v) is 4.59. The Balaban J connectivity index is 2.80. The first-order valence-corrected chi connectivity index (χ1v) is 4.73. The fourth-order valence-electron chi connectivity index (χ4n) is 1.20. The lowest BCUT2D eigenvalue weighted by molar-refractivity contribution is 0.00578. The van der Waals surface area contributed by atoms with Gasteiger partial charge in [0, 0.05) is 5.57 Å². The van der Waals surface area contributed by atoms with E-state index in [0.717, 1.165) is 0 Å². The summed E-state index contributed by atoms with van der Waals surface area (Å²) in [6, 6.07) is 2.05. The lowest BCUT2D eigenvalue weighted by Crippen LogP contribution is -2.41. The number of hydrogen-bond acceptors (Lipinski definition) is 3. The molecule has 0 bridgehead atoms. The summed E-state index contributed by atoms with van der Waals surface area (Å²) in [7, 11) is -0.403. The van der Waals surface area contributed by atoms with E-state index in [2.05, 4.69) is 0 Å². The minimum absolute atomic E-state index is 0.329. The van der Waals surface area contributed by atoms with Crippen molar-refractivity contribution in [1.82, 2.24) is 0 Å². The number of allylic oxidation sites excluding steroid dienone is 1. The molecule has 0 aliphatic carbocycles. The van der Waals surface area contributed by atoms with E-state index in [9.17, 15) is 0 Å². The fraction of sp³-hybridized carbons (Fsp3) is 0.700. The van der Waals surface area contributed by atoms with Crippen molar-refractivity contribution in [2.75, 3.05) is 0 Å². The van der Waals surface area contributed by atoms with E-state index in [1.165, 1.54) is 0 Å². The van der Waals surface area contributed by atoms with E-state index >= 15 is 0 Å². The molecule has 76 valence electrons. The molecule has 0 atom stereocenters. The van der Waals surface area contributed by atoms with E-state index < -0.39 is 7.12 Å². The summed E-state index contributed by atoms with van der Waals surface area (Å²) in [4.78, 5) is 0. The smallest absolute Gasteiger partial charge is 0.400 e. The van der Waals surface area contributed by atoms with Crippen molar-refractivity contribution in [3.63, 3.8) is 0 Å². The average molecular weight is 193 g/mol. The standard InChI is InChI=1S/C10H16BNO2/c1-8(7-12)6-11-13-9(2,3)10(4,5)14-11/h6H,1-5H3. The summed E-state index contributed by atoms with van der Waals surface area (Å²) in [5, 5.41) is 8.63. The zero-order valence-corrected chi connectivity index (χ0v) is 9.42. The van der Waals surface area contributed by atoms with Gasteiger partial charge in [-0.3, -0.25) is 0 Å². The largest absolute Gasteiger partial charge is 0.488 e. The molecule has 3 nitrogen and oxygen atoms in total. The Kier molecular flexibility index (Phi) is 2.75. The van der Waals surface area contributed by atoms with Crippen molar-refractivity contribution in [3.8, 4) is 6.07 Å². The molecule has 0 aromatic heterocycles. The molecule has 1 rings (SSSR count). The Hall–Kier alpha value is -0.785. The van der Waals surface area contributed by atoms with Gasteiger partial charge in [-0.1, -0.05) is 0 Å². The molecule has 1 aliphatic rings. The quantitative estimate of drug-likeness (QED) is 0.473. The van der Waals surface area contributed by atoms with Crippen LogP contribution in [0.3, 0.4) is 0 Å². The van der Waals surface area contributed by atoms with Gasteiger partial charge in [-0.25, -0.2) is 0 Å². The van der Waals surface area contributed by atoms with Crippen LogP contribution in [-0.4, -0.2) is 18.3 Å². The van der Waals surface area contributed by atoms with Crippen LogP contribution in [0.1, 0.15) is 34.6 Å². The summed E-state index contributed by atoms with van der Waals surface area (Å²) in [6.07, 6.45) is 0. The van der Waals surface area contributed by atoms with E-state index in [-0.39, 0.29) is 11.2 Å². The lowest BCUT2D eigenvalue weighted by atomic mass is 9.88. The second-order valence-electron chi connectivity index (χ2n) is 4.59. The van der Waals surface area contributed by atoms with Gasteiger partial charge in [0.05, 0.1) is 17.3 Å². The SMILES string of the molecule is CC(C#N)=CB1OC(C)(C)C(C)(C)O1. The molecule has 0 radical (unpaired) electrons. The highest BCUT2D eigenvalue weighted by atomic mass is 16.7. The number of nitrogens with zero attached hydrogens (tertiary/aromatic N) is 1. The summed E-state index contributed by atoms with van der Waals surface area (Å²) >= 11 is 0. The van der Waals surface area contributed by atoms with Crippen LogP contribution in [0.4, 0.5) is 0 Å². The predicted molar refractivity (Wildman–Crippen MR) is 55.5 cm³/mol. The molecule has 14 heavy (non-hydrogen) atoms. The molecule has 0 N–H and O–H groups in total. The predicted octanol–water partition coefficient (Wildman–Crippen LogP) is 2.09. The second kappa shape index (κ2) is 3.41. The van der Waals surface area contributed by atoms with Gasteiger partial charge < -0.3 is 9.31 Å². The summed E-state index contributed by atoms with van der Waals surface area (Å²) in [6.45, 7) is 9.70. The first-order chi connectivity index (χ1) is 6.28. The maximum Gasteiger partial charge on any atom is 0.488 e. The summed E-state index contributed by atoms with van der Waals surface area (Å²) < 4.78 is 11.4. The van der Waals surface area contributed by atoms with Gasteiger partial charge in [-0.05, 0) is 40.6 Å². The highest BCUT2D eigenvalue weighted by molar-refractivity contribution is 6.51. The van der Waals surface area contributed by atoms with Crippen LogP contribution in [0.15, 0.2) is 11.5 Å². The van der Waals surface area contributed by atoms with E-state index in [1.54, 1.807) is 12.9 Å². The van der Waals surface area contributed by atoms with Gasteiger partial charge >= 0.3 is 7.12 Å². The third-order valence-electron chi connectivity index (χ3n) is 2.83. The first kappa shape index (κ1) is 11.3. The molecule has 1 fully saturated rings. The summed E-state index contributed by atoms with van der Waals surface area (Å²) in [5.41, 5.74) is -0.0446. The van der Waals surface area contributed by atoms with E-state index in [1.807, 2.05) is 33.8 Å². The Morgan fingerprint density at radius 2 is 1.64 bits per heavy atom. The van der Waals surface area contributed by atoms with Gasteiger partial charge in [-0.15, -0.1) is 0 Å². The van der Waals surface area contributed by atoms with E-state index in [0.29, 0.717) is 5.57 Å². The van der Waals surface area contributed by atoms with E-state index in [4.69, 9.17) is 14.6 Å². The van der Waals surface area contributed by atoms with Gasteiger partial charge in [-0.2, -0.15) is 5.26 Å². The normalized spacial score (nSPS) is 24.9. The highest BCUT2D eigenvalue weighted by Gasteiger charge is 2.50. The Morgan fingerprint density at radius 3 is 2.00 bits per heavy atom.